The van der Waals surface area contributed by atoms with Crippen molar-refractivity contribution in [2.24, 2.45) is 0 Å². The smallest absolute Gasteiger partial charge is 0.265 e. The first-order valence-electron chi connectivity index (χ1n) is 8.29. The highest BCUT2D eigenvalue weighted by Gasteiger charge is 2.18. The lowest BCUT2D eigenvalue weighted by Crippen LogP contribution is -2.30. The fourth-order valence-corrected chi connectivity index (χ4v) is 3.06. The highest BCUT2D eigenvalue weighted by Crippen LogP contribution is 2.31. The SMILES string of the molecule is C[C@H](Oc1ccc(Cl)cc1Cl)C(=O)Nc1cc(-c2ccc(CO)o2)ccc1Cl. The van der Waals surface area contributed by atoms with Gasteiger partial charge >= 0.3 is 0 Å². The van der Waals surface area contributed by atoms with Gasteiger partial charge in [-0.3, -0.25) is 4.79 Å². The average molecular weight is 441 g/mol. The third-order valence-electron chi connectivity index (χ3n) is 3.89. The maximum Gasteiger partial charge on any atom is 0.265 e. The molecule has 146 valence electrons. The molecule has 0 spiro atoms. The van der Waals surface area contributed by atoms with E-state index in [1.807, 2.05) is 0 Å². The minimum absolute atomic E-state index is 0.195. The third-order valence-corrected chi connectivity index (χ3v) is 4.75. The molecule has 3 rings (SSSR count). The van der Waals surface area contributed by atoms with E-state index in [1.54, 1.807) is 49.4 Å². The predicted octanol–water partition coefficient (Wildman–Crippen LogP) is 5.81. The van der Waals surface area contributed by atoms with Gasteiger partial charge in [-0.25, -0.2) is 0 Å². The molecule has 0 aliphatic heterocycles. The van der Waals surface area contributed by atoms with E-state index < -0.39 is 12.0 Å². The summed E-state index contributed by atoms with van der Waals surface area (Å²) in [6, 6.07) is 13.2. The van der Waals surface area contributed by atoms with Gasteiger partial charge in [0.15, 0.2) is 6.10 Å². The number of carbonyl (C=O) groups excluding carboxylic acids is 1. The van der Waals surface area contributed by atoms with Crippen LogP contribution in [0.2, 0.25) is 15.1 Å². The average Bonchev–Trinajstić information content (AvgIpc) is 3.15. The Morgan fingerprint density at radius 2 is 1.89 bits per heavy atom. The van der Waals surface area contributed by atoms with E-state index in [0.29, 0.717) is 43.6 Å². The summed E-state index contributed by atoms with van der Waals surface area (Å²) in [5.74, 6) is 0.937. The lowest BCUT2D eigenvalue weighted by molar-refractivity contribution is -0.122. The molecule has 28 heavy (non-hydrogen) atoms. The number of anilines is 1. The van der Waals surface area contributed by atoms with Crippen molar-refractivity contribution < 1.29 is 19.1 Å². The predicted molar refractivity (Wildman–Crippen MR) is 110 cm³/mol. The van der Waals surface area contributed by atoms with Gasteiger partial charge in [-0.15, -0.1) is 0 Å². The highest BCUT2D eigenvalue weighted by molar-refractivity contribution is 6.35. The molecule has 1 atom stereocenters. The fourth-order valence-electron chi connectivity index (χ4n) is 2.44. The van der Waals surface area contributed by atoms with Gasteiger partial charge in [0.05, 0.1) is 15.7 Å². The fraction of sp³-hybridized carbons (Fsp3) is 0.150. The first-order chi connectivity index (χ1) is 13.4. The van der Waals surface area contributed by atoms with Gasteiger partial charge in [-0.1, -0.05) is 34.8 Å². The summed E-state index contributed by atoms with van der Waals surface area (Å²) in [5.41, 5.74) is 1.11. The van der Waals surface area contributed by atoms with Crippen LogP contribution in [0.25, 0.3) is 11.3 Å². The van der Waals surface area contributed by atoms with Gasteiger partial charge in [0.2, 0.25) is 0 Å². The Labute approximate surface area is 176 Å². The summed E-state index contributed by atoms with van der Waals surface area (Å²) in [7, 11) is 0. The summed E-state index contributed by atoms with van der Waals surface area (Å²) in [4.78, 5) is 12.5. The van der Waals surface area contributed by atoms with Gasteiger partial charge in [0.25, 0.3) is 5.91 Å². The number of amides is 1. The maximum atomic E-state index is 12.5. The van der Waals surface area contributed by atoms with Gasteiger partial charge in [0.1, 0.15) is 23.9 Å². The maximum absolute atomic E-state index is 12.5. The molecule has 0 bridgehead atoms. The number of nitrogens with one attached hydrogen (secondary N) is 1. The Bertz CT molecular complexity index is 1000. The quantitative estimate of drug-likeness (QED) is 0.508. The van der Waals surface area contributed by atoms with Gasteiger partial charge < -0.3 is 19.6 Å². The highest BCUT2D eigenvalue weighted by atomic mass is 35.5. The molecule has 8 heteroatoms. The number of carbonyl (C=O) groups is 1. The zero-order chi connectivity index (χ0) is 20.3. The molecule has 3 aromatic rings. The van der Waals surface area contributed by atoms with Crippen molar-refractivity contribution in [2.75, 3.05) is 5.32 Å². The Hall–Kier alpha value is -2.18. The van der Waals surface area contributed by atoms with Crippen LogP contribution in [0.4, 0.5) is 5.69 Å². The van der Waals surface area contributed by atoms with E-state index in [-0.39, 0.29) is 6.61 Å². The summed E-state index contributed by atoms with van der Waals surface area (Å²) < 4.78 is 11.1. The van der Waals surface area contributed by atoms with Crippen LogP contribution in [-0.2, 0) is 11.4 Å². The van der Waals surface area contributed by atoms with Crippen LogP contribution in [-0.4, -0.2) is 17.1 Å². The molecular formula is C20H16Cl3NO4. The second-order valence-corrected chi connectivity index (χ2v) is 7.19. The van der Waals surface area contributed by atoms with Crippen molar-refractivity contribution in [3.05, 3.63) is 69.4 Å². The Balaban J connectivity index is 1.74. The lowest BCUT2D eigenvalue weighted by atomic mass is 10.1. The normalized spacial score (nSPS) is 11.9. The van der Waals surface area contributed by atoms with Crippen molar-refractivity contribution in [1.82, 2.24) is 0 Å². The number of benzene rings is 2. The number of aliphatic hydroxyl groups is 1. The Kier molecular flexibility index (Phi) is 6.52. The monoisotopic (exact) mass is 439 g/mol. The van der Waals surface area contributed by atoms with Crippen LogP contribution in [0, 0.1) is 0 Å². The summed E-state index contributed by atoms with van der Waals surface area (Å²) in [5, 5.41) is 13.0. The molecule has 0 fully saturated rings. The number of halogens is 3. The van der Waals surface area contributed by atoms with E-state index in [4.69, 9.17) is 49.1 Å². The van der Waals surface area contributed by atoms with Gasteiger partial charge in [0, 0.05) is 10.6 Å². The van der Waals surface area contributed by atoms with Crippen LogP contribution < -0.4 is 10.1 Å². The zero-order valence-electron chi connectivity index (χ0n) is 14.7. The molecule has 1 aromatic heterocycles. The second kappa shape index (κ2) is 8.88. The zero-order valence-corrected chi connectivity index (χ0v) is 17.0. The first-order valence-corrected chi connectivity index (χ1v) is 9.43. The van der Waals surface area contributed by atoms with Crippen LogP contribution >= 0.6 is 34.8 Å². The van der Waals surface area contributed by atoms with E-state index in [9.17, 15) is 4.79 Å². The van der Waals surface area contributed by atoms with Crippen molar-refractivity contribution >= 4 is 46.4 Å². The number of rotatable bonds is 6. The largest absolute Gasteiger partial charge is 0.479 e. The number of furan rings is 1. The van der Waals surface area contributed by atoms with Crippen LogP contribution in [0.5, 0.6) is 5.75 Å². The van der Waals surface area contributed by atoms with Gasteiger partial charge in [-0.2, -0.15) is 0 Å². The molecular weight excluding hydrogens is 425 g/mol. The van der Waals surface area contributed by atoms with E-state index in [2.05, 4.69) is 5.32 Å². The molecule has 0 unspecified atom stereocenters. The van der Waals surface area contributed by atoms with E-state index in [1.165, 1.54) is 6.07 Å². The van der Waals surface area contributed by atoms with E-state index in [0.717, 1.165) is 0 Å². The minimum Gasteiger partial charge on any atom is -0.479 e. The van der Waals surface area contributed by atoms with Crippen molar-refractivity contribution in [1.29, 1.82) is 0 Å². The molecule has 2 aromatic carbocycles. The van der Waals surface area contributed by atoms with Gasteiger partial charge in [-0.05, 0) is 55.5 Å². The summed E-state index contributed by atoms with van der Waals surface area (Å²) in [6.45, 7) is 1.40. The Morgan fingerprint density at radius 3 is 2.57 bits per heavy atom. The number of hydrogen-bond acceptors (Lipinski definition) is 4. The number of aliphatic hydroxyl groups excluding tert-OH is 1. The van der Waals surface area contributed by atoms with Crippen LogP contribution in [0.3, 0.4) is 0 Å². The molecule has 0 radical (unpaired) electrons. The Morgan fingerprint density at radius 1 is 1.11 bits per heavy atom. The summed E-state index contributed by atoms with van der Waals surface area (Å²) >= 11 is 18.1. The van der Waals surface area contributed by atoms with Crippen LogP contribution in [0.15, 0.2) is 52.9 Å². The van der Waals surface area contributed by atoms with Crippen LogP contribution in [0.1, 0.15) is 12.7 Å². The summed E-state index contributed by atoms with van der Waals surface area (Å²) in [6.07, 6.45) is -0.831. The molecule has 1 heterocycles. The molecule has 0 saturated heterocycles. The molecule has 2 N–H and O–H groups in total. The van der Waals surface area contributed by atoms with E-state index >= 15 is 0 Å². The topological polar surface area (TPSA) is 71.7 Å². The van der Waals surface area contributed by atoms with Crippen molar-refractivity contribution in [3.63, 3.8) is 0 Å². The number of ether oxygens (including phenoxy) is 1. The molecule has 1 amide bonds. The number of hydrogen-bond donors (Lipinski definition) is 2. The second-order valence-electron chi connectivity index (χ2n) is 5.94. The molecule has 5 nitrogen and oxygen atoms in total. The molecule has 0 aliphatic rings. The standard InChI is InChI=1S/C20H16Cl3NO4/c1-11(27-19-6-3-13(21)9-16(19)23)20(26)24-17-8-12(2-5-15(17)22)18-7-4-14(10-25)28-18/h2-9,11,25H,10H2,1H3,(H,24,26)/t11-/m0/s1. The molecule has 0 saturated carbocycles. The molecule has 0 aliphatic carbocycles. The van der Waals surface area contributed by atoms with Crippen molar-refractivity contribution in [3.8, 4) is 17.1 Å². The third kappa shape index (κ3) is 4.80. The lowest BCUT2D eigenvalue weighted by Gasteiger charge is -2.16. The first kappa shape index (κ1) is 20.6. The minimum atomic E-state index is -0.831. The van der Waals surface area contributed by atoms with Crippen molar-refractivity contribution in [2.45, 2.75) is 19.6 Å².